The first kappa shape index (κ1) is 51.0. The lowest BCUT2D eigenvalue weighted by Gasteiger charge is -2.33. The molecule has 388 valence electrons. The average Bonchev–Trinajstić information content (AvgIpc) is 3.94. The van der Waals surface area contributed by atoms with Crippen molar-refractivity contribution in [1.82, 2.24) is 30.0 Å². The molecule has 3 aliphatic rings. The number of para-hydroxylation sites is 1. The van der Waals surface area contributed by atoms with E-state index in [-0.39, 0.29) is 41.8 Å². The molecule has 3 aromatic heterocycles. The molecule has 10 rings (SSSR count). The first-order valence-corrected chi connectivity index (χ1v) is 26.7. The van der Waals surface area contributed by atoms with Gasteiger partial charge in [0.1, 0.15) is 11.6 Å². The van der Waals surface area contributed by atoms with Crippen molar-refractivity contribution in [2.45, 2.75) is 104 Å². The number of nitrogens with one attached hydrogen (secondary N) is 3. The number of anilines is 3. The number of ether oxygens (including phenoxy) is 1. The summed E-state index contributed by atoms with van der Waals surface area (Å²) >= 11 is 1.43. The summed E-state index contributed by atoms with van der Waals surface area (Å²) in [7, 11) is 1.81. The summed E-state index contributed by atoms with van der Waals surface area (Å²) in [5.74, 6) is -0.743. The van der Waals surface area contributed by atoms with Gasteiger partial charge in [0.15, 0.2) is 10.8 Å². The summed E-state index contributed by atoms with van der Waals surface area (Å²) < 4.78 is 9.19. The SMILES string of the molecule is Cc1cc(O[C@H](C)CCC2CCN(CC(=O)Nc3ccc4c(C5CCC(=O)NC5=O)nn(C)c4c3)CC2)ccc1-c1c(C(C)(C)C)cc(N2CCc3cccc(C(=O)Nc4nc5ccccc5s4)c3C2)nc1C(=O)O. The third kappa shape index (κ3) is 11.0. The van der Waals surface area contributed by atoms with Crippen molar-refractivity contribution < 1.29 is 33.8 Å². The lowest BCUT2D eigenvalue weighted by molar-refractivity contribution is -0.134. The number of hydrogen-bond acceptors (Lipinski definition) is 12. The number of likely N-dealkylation sites (tertiary alicyclic amines) is 1. The first-order valence-electron chi connectivity index (χ1n) is 25.9. The molecule has 16 nitrogen and oxygen atoms in total. The summed E-state index contributed by atoms with van der Waals surface area (Å²) in [6, 6.07) is 27.0. The Balaban J connectivity index is 0.746. The van der Waals surface area contributed by atoms with Crippen LogP contribution in [0.15, 0.2) is 84.9 Å². The minimum atomic E-state index is -1.11. The van der Waals surface area contributed by atoms with Gasteiger partial charge < -0.3 is 20.1 Å². The average molecular weight is 1030 g/mol. The number of piperidine rings is 2. The number of imide groups is 1. The fourth-order valence-electron chi connectivity index (χ4n) is 11.0. The third-order valence-corrected chi connectivity index (χ3v) is 15.9. The van der Waals surface area contributed by atoms with Crippen molar-refractivity contribution in [1.29, 1.82) is 0 Å². The summed E-state index contributed by atoms with van der Waals surface area (Å²) in [6.07, 6.45) is 5.15. The van der Waals surface area contributed by atoms with Crippen LogP contribution in [0.25, 0.3) is 32.2 Å². The van der Waals surface area contributed by atoms with Gasteiger partial charge >= 0.3 is 5.97 Å². The number of aromatic nitrogens is 4. The van der Waals surface area contributed by atoms with Crippen LogP contribution in [-0.2, 0) is 39.8 Å². The lowest BCUT2D eigenvalue weighted by atomic mass is 9.80. The van der Waals surface area contributed by atoms with Gasteiger partial charge in [-0.2, -0.15) is 5.10 Å². The number of fused-ring (bicyclic) bond motifs is 3. The molecule has 6 heterocycles. The molecule has 7 aromatic rings. The number of thiazole rings is 1. The molecule has 2 fully saturated rings. The molecule has 4 aromatic carbocycles. The van der Waals surface area contributed by atoms with Crippen LogP contribution in [0.1, 0.15) is 121 Å². The fourth-order valence-corrected chi connectivity index (χ4v) is 11.8. The van der Waals surface area contributed by atoms with Crippen molar-refractivity contribution in [3.63, 3.8) is 0 Å². The number of aromatic carboxylic acids is 1. The standard InChI is InChI=1S/C58H63N9O7S/c1-33-28-38(74-34(2)14-15-35-22-25-66(26-23-35)32-50(69)59-37-16-18-41-46(29-37)65(6)64-52(41)42-20-21-49(68)62-55(42)71)17-19-39(33)51-44(58(3,4)5)30-48(61-53(51)56(72)73)67-27-24-36-10-9-11-40(43(36)31-67)54(70)63-57-60-45-12-7-8-13-47(45)75-57/h7-13,16-19,28-30,34-35,42H,14-15,20-27,31-32H2,1-6H3,(H,59,69)(H,72,73)(H,60,63,70)(H,62,68,71)/t34-,42?/m1/s1. The van der Waals surface area contributed by atoms with Crippen molar-refractivity contribution in [3.05, 3.63) is 124 Å². The van der Waals surface area contributed by atoms with E-state index in [0.717, 1.165) is 93.5 Å². The zero-order valence-corrected chi connectivity index (χ0v) is 44.1. The Bertz CT molecular complexity index is 3350. The molecule has 75 heavy (non-hydrogen) atoms. The number of carbonyl (C=O) groups excluding carboxylic acids is 4. The van der Waals surface area contributed by atoms with E-state index in [1.807, 2.05) is 98.9 Å². The Labute approximate surface area is 439 Å². The molecule has 3 aliphatic heterocycles. The quantitative estimate of drug-likeness (QED) is 0.0753. The molecule has 2 saturated heterocycles. The number of pyridine rings is 1. The van der Waals surface area contributed by atoms with E-state index in [4.69, 9.17) is 9.72 Å². The van der Waals surface area contributed by atoms with E-state index in [9.17, 15) is 29.1 Å². The van der Waals surface area contributed by atoms with E-state index in [1.165, 1.54) is 11.3 Å². The molecular weight excluding hydrogens is 967 g/mol. The van der Waals surface area contributed by atoms with Crippen molar-refractivity contribution >= 4 is 78.7 Å². The highest BCUT2D eigenvalue weighted by atomic mass is 32.1. The number of benzene rings is 4. The van der Waals surface area contributed by atoms with Gasteiger partial charge in [-0.25, -0.2) is 14.8 Å². The molecule has 4 N–H and O–H groups in total. The van der Waals surface area contributed by atoms with Crippen molar-refractivity contribution in [3.8, 4) is 16.9 Å². The van der Waals surface area contributed by atoms with E-state index in [0.29, 0.717) is 71.9 Å². The van der Waals surface area contributed by atoms with Gasteiger partial charge in [0, 0.05) is 48.8 Å². The number of nitrogens with zero attached hydrogens (tertiary/aromatic N) is 6. The zero-order valence-electron chi connectivity index (χ0n) is 43.3. The van der Waals surface area contributed by atoms with Gasteiger partial charge in [0.25, 0.3) is 5.91 Å². The minimum absolute atomic E-state index is 0.0204. The monoisotopic (exact) mass is 1030 g/mol. The minimum Gasteiger partial charge on any atom is -0.491 e. The van der Waals surface area contributed by atoms with Gasteiger partial charge in [0.2, 0.25) is 17.7 Å². The number of rotatable bonds is 14. The first-order chi connectivity index (χ1) is 35.9. The molecule has 0 spiro atoms. The van der Waals surface area contributed by atoms with Gasteiger partial charge in [-0.3, -0.25) is 39.4 Å². The molecule has 2 atom stereocenters. The smallest absolute Gasteiger partial charge is 0.355 e. The maximum atomic E-state index is 13.8. The number of hydrogen-bond donors (Lipinski definition) is 4. The second-order valence-electron chi connectivity index (χ2n) is 21.4. The fraction of sp³-hybridized carbons (Fsp3) is 0.379. The number of carboxylic acid groups (broad SMARTS) is 1. The summed E-state index contributed by atoms with van der Waals surface area (Å²) in [5, 5.41) is 25.3. The molecule has 0 aliphatic carbocycles. The molecule has 0 radical (unpaired) electrons. The number of amides is 4. The van der Waals surface area contributed by atoms with Crippen LogP contribution in [0.4, 0.5) is 16.6 Å². The summed E-state index contributed by atoms with van der Waals surface area (Å²) in [6.45, 7) is 13.3. The number of carboxylic acids is 1. The van der Waals surface area contributed by atoms with E-state index < -0.39 is 17.3 Å². The molecule has 0 bridgehead atoms. The highest BCUT2D eigenvalue weighted by Crippen LogP contribution is 2.41. The maximum Gasteiger partial charge on any atom is 0.355 e. The predicted octanol–water partition coefficient (Wildman–Crippen LogP) is 9.78. The van der Waals surface area contributed by atoms with Crippen molar-refractivity contribution in [2.24, 2.45) is 13.0 Å². The van der Waals surface area contributed by atoms with E-state index >= 15 is 0 Å². The Morgan fingerprint density at radius 1 is 0.920 bits per heavy atom. The van der Waals surface area contributed by atoms with Crippen LogP contribution in [0.3, 0.4) is 0 Å². The van der Waals surface area contributed by atoms with Crippen LogP contribution < -0.4 is 25.6 Å². The topological polar surface area (TPSA) is 201 Å². The predicted molar refractivity (Wildman–Crippen MR) is 292 cm³/mol. The zero-order chi connectivity index (χ0) is 52.7. The van der Waals surface area contributed by atoms with Crippen LogP contribution in [0.2, 0.25) is 0 Å². The summed E-state index contributed by atoms with van der Waals surface area (Å²) in [5.41, 5.74) is 8.08. The Kier molecular flexibility index (Phi) is 14.3. The number of carbonyl (C=O) groups is 5. The van der Waals surface area contributed by atoms with Crippen LogP contribution in [-0.4, -0.2) is 91.6 Å². The van der Waals surface area contributed by atoms with Gasteiger partial charge in [-0.1, -0.05) is 62.4 Å². The molecule has 1 unspecified atom stereocenters. The van der Waals surface area contributed by atoms with Crippen molar-refractivity contribution in [2.75, 3.05) is 41.7 Å². The van der Waals surface area contributed by atoms with Crippen LogP contribution >= 0.6 is 11.3 Å². The van der Waals surface area contributed by atoms with Gasteiger partial charge in [-0.15, -0.1) is 0 Å². The van der Waals surface area contributed by atoms with E-state index in [1.54, 1.807) is 4.68 Å². The second kappa shape index (κ2) is 21.0. The van der Waals surface area contributed by atoms with Crippen LogP contribution in [0.5, 0.6) is 5.75 Å². The van der Waals surface area contributed by atoms with Crippen LogP contribution in [0, 0.1) is 12.8 Å². The Morgan fingerprint density at radius 2 is 1.72 bits per heavy atom. The highest BCUT2D eigenvalue weighted by Gasteiger charge is 2.33. The molecule has 4 amide bonds. The Morgan fingerprint density at radius 3 is 2.47 bits per heavy atom. The summed E-state index contributed by atoms with van der Waals surface area (Å²) in [4.78, 5) is 78.3. The molecule has 0 saturated carbocycles. The maximum absolute atomic E-state index is 13.8. The Hall–Kier alpha value is -7.50. The molecule has 17 heteroatoms. The highest BCUT2D eigenvalue weighted by molar-refractivity contribution is 7.22. The normalized spacial score (nSPS) is 16.9. The van der Waals surface area contributed by atoms with Gasteiger partial charge in [-0.05, 0) is 159 Å². The second-order valence-corrected chi connectivity index (χ2v) is 22.4. The lowest BCUT2D eigenvalue weighted by Crippen LogP contribution is -2.39. The van der Waals surface area contributed by atoms with Gasteiger partial charge in [0.05, 0.1) is 40.0 Å². The van der Waals surface area contributed by atoms with E-state index in [2.05, 4.69) is 63.5 Å². The number of aryl methyl sites for hydroxylation is 2. The third-order valence-electron chi connectivity index (χ3n) is 15.0. The molecular formula is C58H63N9O7S. The largest absolute Gasteiger partial charge is 0.491 e.